The third-order valence-corrected chi connectivity index (χ3v) is 1.96. The number of ether oxygens (including phenoxy) is 1. The predicted molar refractivity (Wildman–Crippen MR) is 56.7 cm³/mol. The molecule has 4 N–H and O–H groups in total. The Kier molecular flexibility index (Phi) is 7.42. The lowest BCUT2D eigenvalue weighted by atomic mass is 10.1. The van der Waals surface area contributed by atoms with Gasteiger partial charge in [0, 0.05) is 0 Å². The van der Waals surface area contributed by atoms with Gasteiger partial charge in [0.05, 0.1) is 6.61 Å². The summed E-state index contributed by atoms with van der Waals surface area (Å²) in [6.45, 7) is 5.20. The van der Waals surface area contributed by atoms with Crippen molar-refractivity contribution in [1.29, 1.82) is 0 Å². The molecule has 4 nitrogen and oxygen atoms in total. The molecule has 0 saturated carbocycles. The van der Waals surface area contributed by atoms with Crippen molar-refractivity contribution < 1.29 is 9.53 Å². The fourth-order valence-corrected chi connectivity index (χ4v) is 0.958. The molecule has 0 amide bonds. The third kappa shape index (κ3) is 6.86. The van der Waals surface area contributed by atoms with Crippen LogP contribution in [0.2, 0.25) is 0 Å². The van der Waals surface area contributed by atoms with Gasteiger partial charge in [0.1, 0.15) is 6.04 Å². The normalized spacial score (nSPS) is 12.9. The van der Waals surface area contributed by atoms with E-state index >= 15 is 0 Å². The van der Waals surface area contributed by atoms with Gasteiger partial charge in [0.15, 0.2) is 0 Å². The lowest BCUT2D eigenvalue weighted by Crippen LogP contribution is -2.33. The molecule has 84 valence electrons. The summed E-state index contributed by atoms with van der Waals surface area (Å²) in [5.41, 5.74) is 10.9. The van der Waals surface area contributed by atoms with Gasteiger partial charge in [-0.1, -0.05) is 13.8 Å². The lowest BCUT2D eigenvalue weighted by molar-refractivity contribution is -0.145. The van der Waals surface area contributed by atoms with E-state index in [-0.39, 0.29) is 5.97 Å². The average molecular weight is 202 g/mol. The predicted octanol–water partition coefficient (Wildman–Crippen LogP) is 0.642. The summed E-state index contributed by atoms with van der Waals surface area (Å²) < 4.78 is 5.01. The second-order valence-corrected chi connectivity index (χ2v) is 3.89. The molecule has 4 heteroatoms. The van der Waals surface area contributed by atoms with Crippen LogP contribution in [0.25, 0.3) is 0 Å². The fourth-order valence-electron chi connectivity index (χ4n) is 0.958. The van der Waals surface area contributed by atoms with E-state index in [0.29, 0.717) is 25.5 Å². The SMILES string of the molecule is CC(C)CCOC(=O)[C@H](N)CCCN. The zero-order chi connectivity index (χ0) is 11.0. The molecule has 14 heavy (non-hydrogen) atoms. The maximum Gasteiger partial charge on any atom is 0.322 e. The summed E-state index contributed by atoms with van der Waals surface area (Å²) in [6, 6.07) is -0.509. The lowest BCUT2D eigenvalue weighted by Gasteiger charge is -2.11. The van der Waals surface area contributed by atoms with Crippen molar-refractivity contribution in [2.45, 2.75) is 39.2 Å². The first-order valence-electron chi connectivity index (χ1n) is 5.20. The molecule has 0 unspecified atom stereocenters. The molecule has 0 aromatic rings. The van der Waals surface area contributed by atoms with Crippen LogP contribution in [0.4, 0.5) is 0 Å². The molecule has 0 spiro atoms. The van der Waals surface area contributed by atoms with Crippen LogP contribution in [-0.4, -0.2) is 25.2 Å². The van der Waals surface area contributed by atoms with Crippen LogP contribution in [0, 0.1) is 5.92 Å². The molecule has 0 fully saturated rings. The van der Waals surface area contributed by atoms with Crippen LogP contribution in [-0.2, 0) is 9.53 Å². The van der Waals surface area contributed by atoms with Crippen molar-refractivity contribution in [2.24, 2.45) is 17.4 Å². The Morgan fingerprint density at radius 1 is 1.36 bits per heavy atom. The molecule has 0 aromatic carbocycles. The van der Waals surface area contributed by atoms with E-state index in [2.05, 4.69) is 13.8 Å². The number of esters is 1. The summed E-state index contributed by atoms with van der Waals surface area (Å²) in [4.78, 5) is 11.2. The van der Waals surface area contributed by atoms with Gasteiger partial charge >= 0.3 is 5.97 Å². The summed E-state index contributed by atoms with van der Waals surface area (Å²) in [7, 11) is 0. The molecule has 0 aliphatic carbocycles. The highest BCUT2D eigenvalue weighted by molar-refractivity contribution is 5.75. The van der Waals surface area contributed by atoms with Gasteiger partial charge in [0.25, 0.3) is 0 Å². The number of rotatable bonds is 7. The number of carbonyl (C=O) groups is 1. The van der Waals surface area contributed by atoms with Crippen LogP contribution >= 0.6 is 0 Å². The summed E-state index contributed by atoms with van der Waals surface area (Å²) in [5, 5.41) is 0. The maximum atomic E-state index is 11.2. The monoisotopic (exact) mass is 202 g/mol. The Hall–Kier alpha value is -0.610. The Balaban J connectivity index is 3.52. The third-order valence-electron chi connectivity index (χ3n) is 1.96. The van der Waals surface area contributed by atoms with E-state index in [4.69, 9.17) is 16.2 Å². The molecular formula is C10H22N2O2. The Morgan fingerprint density at radius 3 is 2.50 bits per heavy atom. The molecule has 0 aromatic heterocycles. The molecule has 0 radical (unpaired) electrons. The number of hydrogen-bond acceptors (Lipinski definition) is 4. The molecule has 0 bridgehead atoms. The highest BCUT2D eigenvalue weighted by Gasteiger charge is 2.13. The smallest absolute Gasteiger partial charge is 0.322 e. The standard InChI is InChI=1S/C10H22N2O2/c1-8(2)5-7-14-10(13)9(12)4-3-6-11/h8-9H,3-7,11-12H2,1-2H3/t9-/m1/s1. The van der Waals surface area contributed by atoms with Crippen molar-refractivity contribution >= 4 is 5.97 Å². The molecule has 0 aliphatic heterocycles. The maximum absolute atomic E-state index is 11.2. The Bertz CT molecular complexity index is 160. The second-order valence-electron chi connectivity index (χ2n) is 3.89. The number of carbonyl (C=O) groups excluding carboxylic acids is 1. The van der Waals surface area contributed by atoms with Gasteiger partial charge < -0.3 is 16.2 Å². The van der Waals surface area contributed by atoms with Gasteiger partial charge in [-0.15, -0.1) is 0 Å². The minimum atomic E-state index is -0.509. The van der Waals surface area contributed by atoms with Crippen LogP contribution in [0.3, 0.4) is 0 Å². The van der Waals surface area contributed by atoms with Gasteiger partial charge in [-0.05, 0) is 31.7 Å². The summed E-state index contributed by atoms with van der Waals surface area (Å²) in [5.74, 6) is 0.238. The highest BCUT2D eigenvalue weighted by atomic mass is 16.5. The first-order valence-corrected chi connectivity index (χ1v) is 5.20. The van der Waals surface area contributed by atoms with Crippen LogP contribution in [0.5, 0.6) is 0 Å². The fraction of sp³-hybridized carbons (Fsp3) is 0.900. The van der Waals surface area contributed by atoms with E-state index < -0.39 is 6.04 Å². The van der Waals surface area contributed by atoms with Crippen molar-refractivity contribution in [1.82, 2.24) is 0 Å². The zero-order valence-corrected chi connectivity index (χ0v) is 9.16. The average Bonchev–Trinajstić information content (AvgIpc) is 2.13. The van der Waals surface area contributed by atoms with Gasteiger partial charge in [-0.3, -0.25) is 4.79 Å². The van der Waals surface area contributed by atoms with Crippen molar-refractivity contribution in [3.05, 3.63) is 0 Å². The van der Waals surface area contributed by atoms with Crippen LogP contribution < -0.4 is 11.5 Å². The van der Waals surface area contributed by atoms with Crippen LogP contribution in [0.15, 0.2) is 0 Å². The van der Waals surface area contributed by atoms with Crippen molar-refractivity contribution in [2.75, 3.05) is 13.2 Å². The first kappa shape index (κ1) is 13.4. The molecule has 0 saturated heterocycles. The largest absolute Gasteiger partial charge is 0.465 e. The molecule has 0 aliphatic rings. The summed E-state index contributed by atoms with van der Waals surface area (Å²) >= 11 is 0. The number of nitrogens with two attached hydrogens (primary N) is 2. The van der Waals surface area contributed by atoms with Gasteiger partial charge in [-0.25, -0.2) is 0 Å². The van der Waals surface area contributed by atoms with Crippen LogP contribution in [0.1, 0.15) is 33.1 Å². The zero-order valence-electron chi connectivity index (χ0n) is 9.16. The van der Waals surface area contributed by atoms with E-state index in [1.165, 1.54) is 0 Å². The molecule has 0 rings (SSSR count). The quantitative estimate of drug-likeness (QED) is 0.594. The molecule has 1 atom stereocenters. The van der Waals surface area contributed by atoms with Crippen molar-refractivity contribution in [3.8, 4) is 0 Å². The Labute approximate surface area is 86.0 Å². The van der Waals surface area contributed by atoms with E-state index in [0.717, 1.165) is 12.8 Å². The summed E-state index contributed by atoms with van der Waals surface area (Å²) in [6.07, 6.45) is 2.26. The van der Waals surface area contributed by atoms with E-state index in [9.17, 15) is 4.79 Å². The Morgan fingerprint density at radius 2 is 2.00 bits per heavy atom. The van der Waals surface area contributed by atoms with E-state index in [1.54, 1.807) is 0 Å². The second kappa shape index (κ2) is 7.76. The van der Waals surface area contributed by atoms with Crippen molar-refractivity contribution in [3.63, 3.8) is 0 Å². The highest BCUT2D eigenvalue weighted by Crippen LogP contribution is 2.01. The minimum absolute atomic E-state index is 0.306. The number of hydrogen-bond donors (Lipinski definition) is 2. The van der Waals surface area contributed by atoms with E-state index in [1.807, 2.05) is 0 Å². The minimum Gasteiger partial charge on any atom is -0.465 e. The molecule has 0 heterocycles. The van der Waals surface area contributed by atoms with Gasteiger partial charge in [-0.2, -0.15) is 0 Å². The van der Waals surface area contributed by atoms with Gasteiger partial charge in [0.2, 0.25) is 0 Å². The first-order chi connectivity index (χ1) is 6.57. The topological polar surface area (TPSA) is 78.3 Å². The molecular weight excluding hydrogens is 180 g/mol.